The van der Waals surface area contributed by atoms with Crippen molar-refractivity contribution in [2.75, 3.05) is 0 Å². The Morgan fingerprint density at radius 1 is 1.33 bits per heavy atom. The maximum atomic E-state index is 12.0. The summed E-state index contributed by atoms with van der Waals surface area (Å²) in [6.07, 6.45) is 7.09. The molecule has 0 spiro atoms. The average molecular weight is 349 g/mol. The first-order valence-electron chi connectivity index (χ1n) is 5.19. The van der Waals surface area contributed by atoms with Crippen molar-refractivity contribution >= 4 is 37.6 Å². The van der Waals surface area contributed by atoms with E-state index in [4.69, 9.17) is 16.7 Å². The van der Waals surface area contributed by atoms with Crippen molar-refractivity contribution < 1.29 is 8.42 Å². The van der Waals surface area contributed by atoms with Gasteiger partial charge in [0.05, 0.1) is 0 Å². The van der Waals surface area contributed by atoms with Gasteiger partial charge in [0.15, 0.2) is 0 Å². The number of benzene rings is 1. The largest absolute Gasteiger partial charge is 0.228 e. The van der Waals surface area contributed by atoms with Crippen molar-refractivity contribution in [1.82, 2.24) is 0 Å². The molecule has 3 nitrogen and oxygen atoms in total. The van der Waals surface area contributed by atoms with Crippen LogP contribution in [0.15, 0.2) is 47.0 Å². The van der Waals surface area contributed by atoms with Crippen LogP contribution < -0.4 is 5.14 Å². The van der Waals surface area contributed by atoms with E-state index in [0.717, 1.165) is 4.47 Å². The number of hydrogen-bond acceptors (Lipinski definition) is 2. The Kier molecular flexibility index (Phi) is 3.69. The summed E-state index contributed by atoms with van der Waals surface area (Å²) in [7, 11) is -3.81. The summed E-state index contributed by atoms with van der Waals surface area (Å²) in [5, 5.41) is 5.77. The van der Waals surface area contributed by atoms with Crippen LogP contribution in [0.4, 0.5) is 0 Å². The van der Waals surface area contributed by atoms with Gasteiger partial charge in [-0.1, -0.05) is 57.9 Å². The van der Waals surface area contributed by atoms with Crippen LogP contribution in [0.2, 0.25) is 5.02 Å². The second-order valence-corrected chi connectivity index (χ2v) is 7.19. The second-order valence-electron chi connectivity index (χ2n) is 4.05. The van der Waals surface area contributed by atoms with E-state index < -0.39 is 14.8 Å². The third-order valence-corrected chi connectivity index (χ3v) is 5.27. The Morgan fingerprint density at radius 3 is 2.56 bits per heavy atom. The molecule has 0 saturated carbocycles. The minimum absolute atomic E-state index is 0.281. The Bertz CT molecular complexity index is 639. The van der Waals surface area contributed by atoms with Crippen LogP contribution in [-0.2, 0) is 14.8 Å². The normalized spacial score (nSPS) is 23.3. The maximum Gasteiger partial charge on any atom is 0.223 e. The van der Waals surface area contributed by atoms with Gasteiger partial charge in [-0.25, -0.2) is 13.6 Å². The lowest BCUT2D eigenvalue weighted by molar-refractivity contribution is 0.559. The second kappa shape index (κ2) is 4.81. The van der Waals surface area contributed by atoms with Gasteiger partial charge in [-0.15, -0.1) is 0 Å². The molecule has 0 heterocycles. The minimum Gasteiger partial charge on any atom is -0.228 e. The lowest BCUT2D eigenvalue weighted by Crippen LogP contribution is -2.39. The van der Waals surface area contributed by atoms with Crippen LogP contribution in [-0.4, -0.2) is 8.42 Å². The van der Waals surface area contributed by atoms with E-state index in [1.54, 1.807) is 42.5 Å². The molecule has 0 fully saturated rings. The first kappa shape index (κ1) is 13.8. The molecule has 0 bridgehead atoms. The summed E-state index contributed by atoms with van der Waals surface area (Å²) < 4.78 is 23.4. The topological polar surface area (TPSA) is 60.2 Å². The Morgan fingerprint density at radius 2 is 2.06 bits per heavy atom. The van der Waals surface area contributed by atoms with Gasteiger partial charge >= 0.3 is 0 Å². The first-order valence-corrected chi connectivity index (χ1v) is 7.91. The van der Waals surface area contributed by atoms with Gasteiger partial charge < -0.3 is 0 Å². The van der Waals surface area contributed by atoms with Crippen molar-refractivity contribution in [3.8, 4) is 0 Å². The van der Waals surface area contributed by atoms with E-state index >= 15 is 0 Å². The number of halogens is 2. The molecule has 0 aromatic heterocycles. The number of rotatable bonds is 2. The monoisotopic (exact) mass is 347 g/mol. The van der Waals surface area contributed by atoms with Gasteiger partial charge in [0.25, 0.3) is 0 Å². The molecule has 1 aliphatic carbocycles. The van der Waals surface area contributed by atoms with Crippen LogP contribution in [0.5, 0.6) is 0 Å². The van der Waals surface area contributed by atoms with Gasteiger partial charge in [-0.05, 0) is 24.1 Å². The van der Waals surface area contributed by atoms with E-state index in [1.807, 2.05) is 0 Å². The highest BCUT2D eigenvalue weighted by Gasteiger charge is 2.42. The van der Waals surface area contributed by atoms with Crippen LogP contribution in [0, 0.1) is 0 Å². The van der Waals surface area contributed by atoms with Crippen molar-refractivity contribution in [2.45, 2.75) is 11.2 Å². The van der Waals surface area contributed by atoms with E-state index in [1.165, 1.54) is 0 Å². The predicted octanol–water partition coefficient (Wildman–Crippen LogP) is 3.10. The summed E-state index contributed by atoms with van der Waals surface area (Å²) in [5.74, 6) is 0. The summed E-state index contributed by atoms with van der Waals surface area (Å²) in [6.45, 7) is 0. The molecule has 18 heavy (non-hydrogen) atoms. The van der Waals surface area contributed by atoms with E-state index in [0.29, 0.717) is 10.6 Å². The van der Waals surface area contributed by atoms with Gasteiger partial charge in [0.1, 0.15) is 4.75 Å². The average Bonchev–Trinajstić information content (AvgIpc) is 2.28. The van der Waals surface area contributed by atoms with Gasteiger partial charge in [0, 0.05) is 9.50 Å². The molecule has 0 radical (unpaired) electrons. The van der Waals surface area contributed by atoms with E-state index in [9.17, 15) is 8.42 Å². The molecular weight excluding hydrogens is 338 g/mol. The van der Waals surface area contributed by atoms with Crippen LogP contribution in [0.25, 0.3) is 0 Å². The Labute approximate surface area is 120 Å². The molecule has 1 unspecified atom stereocenters. The SMILES string of the molecule is NS(=O)(=O)C1(c2ccc(Br)cc2Cl)C=CC=CC1. The smallest absolute Gasteiger partial charge is 0.223 e. The van der Waals surface area contributed by atoms with Crippen molar-refractivity contribution in [3.63, 3.8) is 0 Å². The predicted molar refractivity (Wildman–Crippen MR) is 76.8 cm³/mol. The molecule has 2 N–H and O–H groups in total. The summed E-state index contributed by atoms with van der Waals surface area (Å²) >= 11 is 9.44. The third-order valence-electron chi connectivity index (χ3n) is 2.93. The fraction of sp³-hybridized carbons (Fsp3) is 0.167. The molecular formula is C12H11BrClNO2S. The van der Waals surface area contributed by atoms with Crippen molar-refractivity contribution in [3.05, 3.63) is 57.6 Å². The summed E-state index contributed by atoms with van der Waals surface area (Å²) in [4.78, 5) is 0. The van der Waals surface area contributed by atoms with Gasteiger partial charge in [-0.2, -0.15) is 0 Å². The quantitative estimate of drug-likeness (QED) is 0.892. The minimum atomic E-state index is -3.81. The number of nitrogens with two attached hydrogens (primary N) is 1. The molecule has 0 aliphatic heterocycles. The summed E-state index contributed by atoms with van der Waals surface area (Å²) in [6, 6.07) is 5.09. The molecule has 1 aliphatic rings. The lowest BCUT2D eigenvalue weighted by atomic mass is 9.91. The van der Waals surface area contributed by atoms with Crippen LogP contribution >= 0.6 is 27.5 Å². The molecule has 1 aromatic rings. The first-order chi connectivity index (χ1) is 8.37. The van der Waals surface area contributed by atoms with E-state index in [2.05, 4.69) is 15.9 Å². The Hall–Kier alpha value is -0.620. The molecule has 2 rings (SSSR count). The molecule has 6 heteroatoms. The fourth-order valence-corrected chi connectivity index (χ4v) is 3.98. The van der Waals surface area contributed by atoms with E-state index in [-0.39, 0.29) is 6.42 Å². The van der Waals surface area contributed by atoms with Crippen molar-refractivity contribution in [2.24, 2.45) is 5.14 Å². The highest BCUT2D eigenvalue weighted by atomic mass is 79.9. The molecule has 0 saturated heterocycles. The number of sulfonamides is 1. The number of hydrogen-bond donors (Lipinski definition) is 1. The Balaban J connectivity index is 2.69. The highest BCUT2D eigenvalue weighted by Crippen LogP contribution is 2.40. The molecule has 0 amide bonds. The van der Waals surface area contributed by atoms with Crippen LogP contribution in [0.1, 0.15) is 12.0 Å². The molecule has 96 valence electrons. The zero-order valence-electron chi connectivity index (χ0n) is 9.31. The maximum absolute atomic E-state index is 12.0. The summed E-state index contributed by atoms with van der Waals surface area (Å²) in [5.41, 5.74) is 0.496. The molecule has 1 aromatic carbocycles. The van der Waals surface area contributed by atoms with Gasteiger partial charge in [0.2, 0.25) is 10.0 Å². The number of primary sulfonamides is 1. The lowest BCUT2D eigenvalue weighted by Gasteiger charge is -2.30. The number of allylic oxidation sites excluding steroid dienone is 3. The van der Waals surface area contributed by atoms with Gasteiger partial charge in [-0.3, -0.25) is 0 Å². The third kappa shape index (κ3) is 2.28. The molecule has 1 atom stereocenters. The fourth-order valence-electron chi connectivity index (χ4n) is 2.00. The highest BCUT2D eigenvalue weighted by molar-refractivity contribution is 9.10. The van der Waals surface area contributed by atoms with Crippen molar-refractivity contribution in [1.29, 1.82) is 0 Å². The standard InChI is InChI=1S/C12H11BrClNO2S/c13-9-4-5-10(11(14)8-9)12(18(15,16)17)6-2-1-3-7-12/h1-6,8H,7H2,(H2,15,16,17). The zero-order valence-corrected chi connectivity index (χ0v) is 12.5. The zero-order chi connectivity index (χ0) is 13.4. The van der Waals surface area contributed by atoms with Crippen LogP contribution in [0.3, 0.4) is 0 Å².